The highest BCUT2D eigenvalue weighted by Crippen LogP contribution is 2.09. The average molecular weight is 232 g/mol. The van der Waals surface area contributed by atoms with Crippen molar-refractivity contribution in [2.45, 2.75) is 25.8 Å². The molecule has 1 unspecified atom stereocenters. The minimum absolute atomic E-state index is 0.0555. The van der Waals surface area contributed by atoms with E-state index in [0.717, 1.165) is 11.3 Å². The number of hydrogen-bond donors (Lipinski definition) is 1. The molecule has 78 valence electrons. The first kappa shape index (κ1) is 11.5. The molecule has 0 fully saturated rings. The molecular weight excluding hydrogens is 218 g/mol. The minimum Gasteiger partial charge on any atom is -0.352 e. The van der Waals surface area contributed by atoms with E-state index < -0.39 is 0 Å². The fourth-order valence-electron chi connectivity index (χ4n) is 1.10. The van der Waals surface area contributed by atoms with Gasteiger partial charge in [-0.3, -0.25) is 4.79 Å². The van der Waals surface area contributed by atoms with Gasteiger partial charge in [0.05, 0.1) is 6.42 Å². The lowest BCUT2D eigenvalue weighted by Gasteiger charge is -2.12. The van der Waals surface area contributed by atoms with Gasteiger partial charge in [-0.25, -0.2) is 0 Å². The summed E-state index contributed by atoms with van der Waals surface area (Å²) < 4.78 is 0. The lowest BCUT2D eigenvalue weighted by Crippen LogP contribution is -2.36. The van der Waals surface area contributed by atoms with Crippen LogP contribution in [0.5, 0.6) is 0 Å². The van der Waals surface area contributed by atoms with Gasteiger partial charge in [-0.05, 0) is 17.9 Å². The summed E-state index contributed by atoms with van der Waals surface area (Å²) in [5, 5.41) is 4.86. The zero-order valence-corrected chi connectivity index (χ0v) is 9.70. The summed E-state index contributed by atoms with van der Waals surface area (Å²) in [5.74, 6) is 0.534. The van der Waals surface area contributed by atoms with E-state index in [1.54, 1.807) is 11.3 Å². The second-order valence-corrected chi connectivity index (χ2v) is 4.42. The maximum absolute atomic E-state index is 11.5. The summed E-state index contributed by atoms with van der Waals surface area (Å²) in [6, 6.07) is 4.02. The van der Waals surface area contributed by atoms with Gasteiger partial charge in [-0.1, -0.05) is 13.0 Å². The Kier molecular flexibility index (Phi) is 4.98. The van der Waals surface area contributed by atoms with E-state index in [-0.39, 0.29) is 11.9 Å². The van der Waals surface area contributed by atoms with Crippen LogP contribution in [0.2, 0.25) is 0 Å². The molecule has 0 aromatic carbocycles. The topological polar surface area (TPSA) is 29.1 Å². The number of rotatable bonds is 5. The standard InChI is InChI=1S/C10H14ClNOS/c1-2-8(7-11)12-10(13)6-9-4-3-5-14-9/h3-5,8H,2,6-7H2,1H3,(H,12,13). The van der Waals surface area contributed by atoms with Crippen molar-refractivity contribution in [3.05, 3.63) is 22.4 Å². The molecular formula is C10H14ClNOS. The third kappa shape index (κ3) is 3.68. The van der Waals surface area contributed by atoms with Gasteiger partial charge in [0.2, 0.25) is 5.91 Å². The predicted molar refractivity (Wildman–Crippen MR) is 61.0 cm³/mol. The van der Waals surface area contributed by atoms with E-state index >= 15 is 0 Å². The molecule has 0 aliphatic heterocycles. The van der Waals surface area contributed by atoms with Crippen molar-refractivity contribution in [2.24, 2.45) is 0 Å². The van der Waals surface area contributed by atoms with E-state index in [1.807, 2.05) is 24.4 Å². The summed E-state index contributed by atoms with van der Waals surface area (Å²) >= 11 is 7.28. The minimum atomic E-state index is 0.0555. The van der Waals surface area contributed by atoms with Crippen molar-refractivity contribution in [1.29, 1.82) is 0 Å². The fourth-order valence-corrected chi connectivity index (χ4v) is 2.10. The molecule has 1 amide bonds. The molecule has 1 heterocycles. The van der Waals surface area contributed by atoms with Crippen molar-refractivity contribution >= 4 is 28.8 Å². The normalized spacial score (nSPS) is 12.4. The van der Waals surface area contributed by atoms with Gasteiger partial charge in [-0.2, -0.15) is 0 Å². The van der Waals surface area contributed by atoms with Crippen LogP contribution >= 0.6 is 22.9 Å². The van der Waals surface area contributed by atoms with Gasteiger partial charge < -0.3 is 5.32 Å². The Balaban J connectivity index is 2.35. The van der Waals surface area contributed by atoms with Gasteiger partial charge in [0.25, 0.3) is 0 Å². The lowest BCUT2D eigenvalue weighted by atomic mass is 10.2. The van der Waals surface area contributed by atoms with Crippen LogP contribution in [-0.2, 0) is 11.2 Å². The van der Waals surface area contributed by atoms with Crippen LogP contribution in [0.3, 0.4) is 0 Å². The fraction of sp³-hybridized carbons (Fsp3) is 0.500. The number of halogens is 1. The molecule has 0 saturated carbocycles. The molecule has 1 N–H and O–H groups in total. The molecule has 0 spiro atoms. The Labute approximate surface area is 93.3 Å². The van der Waals surface area contributed by atoms with Crippen molar-refractivity contribution in [3.8, 4) is 0 Å². The zero-order valence-electron chi connectivity index (χ0n) is 8.13. The van der Waals surface area contributed by atoms with Gasteiger partial charge in [0.1, 0.15) is 0 Å². The third-order valence-corrected chi connectivity index (χ3v) is 3.21. The Hall–Kier alpha value is -0.540. The highest BCUT2D eigenvalue weighted by atomic mass is 35.5. The SMILES string of the molecule is CCC(CCl)NC(=O)Cc1cccs1. The van der Waals surface area contributed by atoms with E-state index in [0.29, 0.717) is 12.3 Å². The van der Waals surface area contributed by atoms with Gasteiger partial charge in [-0.15, -0.1) is 22.9 Å². The van der Waals surface area contributed by atoms with E-state index in [1.165, 1.54) is 0 Å². The number of nitrogens with one attached hydrogen (secondary N) is 1. The van der Waals surface area contributed by atoms with Crippen LogP contribution < -0.4 is 5.32 Å². The van der Waals surface area contributed by atoms with Crippen LogP contribution in [-0.4, -0.2) is 17.8 Å². The van der Waals surface area contributed by atoms with Crippen LogP contribution in [0.15, 0.2) is 17.5 Å². The van der Waals surface area contributed by atoms with Crippen LogP contribution in [0, 0.1) is 0 Å². The quantitative estimate of drug-likeness (QED) is 0.775. The monoisotopic (exact) mass is 231 g/mol. The summed E-state index contributed by atoms with van der Waals surface area (Å²) in [4.78, 5) is 12.6. The number of carbonyl (C=O) groups is 1. The molecule has 0 saturated heterocycles. The van der Waals surface area contributed by atoms with Crippen molar-refractivity contribution in [2.75, 3.05) is 5.88 Å². The Bertz CT molecular complexity index is 270. The molecule has 0 aliphatic rings. The first-order valence-corrected chi connectivity index (χ1v) is 6.05. The summed E-state index contributed by atoms with van der Waals surface area (Å²) in [6.07, 6.45) is 1.34. The largest absolute Gasteiger partial charge is 0.352 e. The first-order chi connectivity index (χ1) is 6.76. The summed E-state index contributed by atoms with van der Waals surface area (Å²) in [7, 11) is 0. The van der Waals surface area contributed by atoms with Crippen LogP contribution in [0.1, 0.15) is 18.2 Å². The summed E-state index contributed by atoms with van der Waals surface area (Å²) in [6.45, 7) is 2.01. The smallest absolute Gasteiger partial charge is 0.225 e. The Morgan fingerprint density at radius 1 is 1.71 bits per heavy atom. The molecule has 1 aromatic heterocycles. The number of amides is 1. The van der Waals surface area contributed by atoms with E-state index in [9.17, 15) is 4.79 Å². The van der Waals surface area contributed by atoms with Crippen LogP contribution in [0.4, 0.5) is 0 Å². The van der Waals surface area contributed by atoms with Gasteiger partial charge in [0, 0.05) is 16.8 Å². The molecule has 14 heavy (non-hydrogen) atoms. The van der Waals surface area contributed by atoms with Gasteiger partial charge in [0.15, 0.2) is 0 Å². The molecule has 4 heteroatoms. The highest BCUT2D eigenvalue weighted by Gasteiger charge is 2.09. The zero-order chi connectivity index (χ0) is 10.4. The molecule has 0 radical (unpaired) electrons. The van der Waals surface area contributed by atoms with Crippen molar-refractivity contribution < 1.29 is 4.79 Å². The second kappa shape index (κ2) is 6.04. The maximum Gasteiger partial charge on any atom is 0.225 e. The first-order valence-electron chi connectivity index (χ1n) is 4.64. The molecule has 1 atom stereocenters. The molecule has 1 rings (SSSR count). The molecule has 0 bridgehead atoms. The number of hydrogen-bond acceptors (Lipinski definition) is 2. The Morgan fingerprint density at radius 3 is 3.00 bits per heavy atom. The second-order valence-electron chi connectivity index (χ2n) is 3.08. The highest BCUT2D eigenvalue weighted by molar-refractivity contribution is 7.10. The summed E-state index contributed by atoms with van der Waals surface area (Å²) in [5.41, 5.74) is 0. The molecule has 1 aromatic rings. The number of alkyl halides is 1. The van der Waals surface area contributed by atoms with E-state index in [2.05, 4.69) is 5.32 Å². The van der Waals surface area contributed by atoms with Crippen molar-refractivity contribution in [3.63, 3.8) is 0 Å². The maximum atomic E-state index is 11.5. The molecule has 0 aliphatic carbocycles. The van der Waals surface area contributed by atoms with E-state index in [4.69, 9.17) is 11.6 Å². The third-order valence-electron chi connectivity index (χ3n) is 1.96. The Morgan fingerprint density at radius 2 is 2.50 bits per heavy atom. The van der Waals surface area contributed by atoms with Gasteiger partial charge >= 0.3 is 0 Å². The van der Waals surface area contributed by atoms with Crippen LogP contribution in [0.25, 0.3) is 0 Å². The lowest BCUT2D eigenvalue weighted by molar-refractivity contribution is -0.120. The predicted octanol–water partition coefficient (Wildman–Crippen LogP) is 2.42. The molecule has 2 nitrogen and oxygen atoms in total. The number of carbonyl (C=O) groups excluding carboxylic acids is 1. The average Bonchev–Trinajstić information content (AvgIpc) is 2.66. The number of thiophene rings is 1. The van der Waals surface area contributed by atoms with Crippen molar-refractivity contribution in [1.82, 2.24) is 5.32 Å².